The minimum absolute atomic E-state index is 0.113. The summed E-state index contributed by atoms with van der Waals surface area (Å²) in [6.07, 6.45) is -0.914. The maximum Gasteiger partial charge on any atom is 0.470 e. The first-order chi connectivity index (χ1) is 10.2. The van der Waals surface area contributed by atoms with E-state index in [4.69, 9.17) is 19.8 Å². The number of aromatic carboxylic acids is 1. The van der Waals surface area contributed by atoms with Crippen molar-refractivity contribution in [2.45, 2.75) is 12.5 Å². The highest BCUT2D eigenvalue weighted by atomic mass is 31.2. The molecule has 1 aromatic heterocycles. The first-order valence-corrected chi connectivity index (χ1v) is 7.27. The summed E-state index contributed by atoms with van der Waals surface area (Å²) in [5.74, 6) is -1.22. The molecule has 0 unspecified atom stereocenters. The Hall–Kier alpha value is -1.63. The van der Waals surface area contributed by atoms with Crippen molar-refractivity contribution in [3.8, 4) is 0 Å². The fourth-order valence-electron chi connectivity index (χ4n) is 1.59. The summed E-state index contributed by atoms with van der Waals surface area (Å²) in [5.41, 5.74) is -0.113. The Bertz CT molecular complexity index is 608. The maximum atomic E-state index is 10.9. The Morgan fingerprint density at radius 3 is 2.68 bits per heavy atom. The molecule has 2 heterocycles. The van der Waals surface area contributed by atoms with Crippen LogP contribution >= 0.6 is 7.82 Å². The van der Waals surface area contributed by atoms with E-state index in [-0.39, 0.29) is 5.56 Å². The molecule has 12 nitrogen and oxygen atoms in total. The Kier molecular flexibility index (Phi) is 4.75. The van der Waals surface area contributed by atoms with Crippen molar-refractivity contribution < 1.29 is 48.6 Å². The van der Waals surface area contributed by atoms with Crippen LogP contribution in [0.25, 0.3) is 0 Å². The maximum absolute atomic E-state index is 10.9. The molecule has 1 fully saturated rings. The van der Waals surface area contributed by atoms with E-state index in [9.17, 15) is 19.6 Å². The second-order valence-electron chi connectivity index (χ2n) is 4.16. The van der Waals surface area contributed by atoms with Crippen molar-refractivity contribution in [2.75, 3.05) is 11.9 Å². The van der Waals surface area contributed by atoms with Crippen LogP contribution in [-0.4, -0.2) is 55.3 Å². The molecule has 1 aliphatic heterocycles. The predicted molar refractivity (Wildman–Crippen MR) is 64.7 cm³/mol. The Morgan fingerprint density at radius 1 is 1.41 bits per heavy atom. The van der Waals surface area contributed by atoms with Gasteiger partial charge in [-0.3, -0.25) is 4.52 Å². The van der Waals surface area contributed by atoms with Crippen molar-refractivity contribution >= 4 is 13.8 Å². The van der Waals surface area contributed by atoms with Crippen LogP contribution < -0.4 is 9.85 Å². The number of hydrogen-bond acceptors (Lipinski definition) is 8. The van der Waals surface area contributed by atoms with Crippen LogP contribution in [0.4, 0.5) is 0 Å². The van der Waals surface area contributed by atoms with E-state index in [1.54, 1.807) is 0 Å². The van der Waals surface area contributed by atoms with Gasteiger partial charge in [-0.05, 0) is 6.07 Å². The van der Waals surface area contributed by atoms with Crippen LogP contribution in [0.2, 0.25) is 0 Å². The number of carboxylic acid groups (broad SMARTS) is 1. The molecule has 1 saturated heterocycles. The van der Waals surface area contributed by atoms with Crippen LogP contribution in [0.1, 0.15) is 10.4 Å². The minimum Gasteiger partial charge on any atom is -0.477 e. The number of aromatic nitrogens is 1. The molecule has 1 aromatic rings. The van der Waals surface area contributed by atoms with Gasteiger partial charge in [-0.25, -0.2) is 9.36 Å². The molecule has 0 saturated carbocycles. The number of carbonyl (C=O) groups is 1. The van der Waals surface area contributed by atoms with Gasteiger partial charge in [0.25, 0.3) is 6.23 Å². The summed E-state index contributed by atoms with van der Waals surface area (Å²) < 4.78 is 15.8. The number of aliphatic hydroxyl groups excluding tert-OH is 2. The molecule has 1 aliphatic rings. The number of carboxylic acids is 1. The van der Waals surface area contributed by atoms with E-state index >= 15 is 0 Å². The fraction of sp³-hybridized carbons (Fsp3) is 0.333. The molecule has 0 radical (unpaired) electrons. The zero-order valence-corrected chi connectivity index (χ0v) is 11.7. The van der Waals surface area contributed by atoms with Gasteiger partial charge in [0.2, 0.25) is 12.4 Å². The summed E-state index contributed by atoms with van der Waals surface area (Å²) in [4.78, 5) is 33.0. The molecule has 22 heavy (non-hydrogen) atoms. The van der Waals surface area contributed by atoms with E-state index in [1.165, 1.54) is 18.3 Å². The van der Waals surface area contributed by atoms with Gasteiger partial charge in [-0.1, -0.05) is 9.74 Å². The molecule has 0 spiro atoms. The van der Waals surface area contributed by atoms with Gasteiger partial charge < -0.3 is 25.1 Å². The number of phosphoric acid groups is 1. The average molecular weight is 338 g/mol. The highest BCUT2D eigenvalue weighted by molar-refractivity contribution is 7.46. The van der Waals surface area contributed by atoms with E-state index in [0.29, 0.717) is 10.2 Å². The standard InChI is InChI=1S/C9H12N3O9P/c13-7-8(14)12(21-11(7)5-20-22(17,18)19)10-3-1-2-6(4-10)9(15)16/h1-4,7-8,13-14H,5H2,(H2-,15,16,17,18,19)/p+1/t7-,8+/m0/s1. The third kappa shape index (κ3) is 3.76. The first-order valence-electron chi connectivity index (χ1n) is 5.74. The monoisotopic (exact) mass is 338 g/mol. The topological polar surface area (TPSA) is 164 Å². The SMILES string of the molecule is O=C(O)c1ccc[n+](N2ON(COP(=O)(O)O)[C@@H](O)[C@H]2O)c1. The van der Waals surface area contributed by atoms with Crippen molar-refractivity contribution in [1.29, 1.82) is 0 Å². The normalized spacial score (nSPS) is 23.0. The van der Waals surface area contributed by atoms with E-state index < -0.39 is 33.0 Å². The van der Waals surface area contributed by atoms with E-state index in [1.807, 2.05) is 0 Å². The van der Waals surface area contributed by atoms with E-state index in [2.05, 4.69) is 4.52 Å². The summed E-state index contributed by atoms with van der Waals surface area (Å²) in [7, 11) is -4.79. The third-order valence-corrected chi connectivity index (χ3v) is 3.04. The van der Waals surface area contributed by atoms with Gasteiger partial charge in [0.05, 0.1) is 0 Å². The molecule has 0 aliphatic carbocycles. The molecule has 122 valence electrons. The van der Waals surface area contributed by atoms with Crippen molar-refractivity contribution in [3.05, 3.63) is 30.1 Å². The molecule has 0 amide bonds. The molecule has 5 N–H and O–H groups in total. The molecule has 0 aromatic carbocycles. The van der Waals surface area contributed by atoms with Gasteiger partial charge in [0, 0.05) is 11.2 Å². The molecule has 2 rings (SSSR count). The van der Waals surface area contributed by atoms with Crippen LogP contribution in [0.15, 0.2) is 24.5 Å². The lowest BCUT2D eigenvalue weighted by Crippen LogP contribution is -2.60. The number of rotatable bonds is 5. The summed E-state index contributed by atoms with van der Waals surface area (Å²) in [6, 6.07) is 2.66. The van der Waals surface area contributed by atoms with Gasteiger partial charge in [0.1, 0.15) is 12.3 Å². The molecule has 0 bridgehead atoms. The highest BCUT2D eigenvalue weighted by Crippen LogP contribution is 2.36. The van der Waals surface area contributed by atoms with Gasteiger partial charge in [-0.15, -0.1) is 4.94 Å². The lowest BCUT2D eigenvalue weighted by Gasteiger charge is -2.15. The van der Waals surface area contributed by atoms with Crippen molar-refractivity contribution in [1.82, 2.24) is 5.06 Å². The van der Waals surface area contributed by atoms with Crippen LogP contribution in [0, 0.1) is 0 Å². The van der Waals surface area contributed by atoms with Gasteiger partial charge in [0.15, 0.2) is 6.23 Å². The number of hydroxylamine groups is 3. The smallest absolute Gasteiger partial charge is 0.470 e. The second kappa shape index (κ2) is 6.24. The average Bonchev–Trinajstić information content (AvgIpc) is 2.72. The zero-order chi connectivity index (χ0) is 16.5. The summed E-state index contributed by atoms with van der Waals surface area (Å²) >= 11 is 0. The number of aliphatic hydroxyl groups is 2. The Morgan fingerprint density at radius 2 is 2.09 bits per heavy atom. The van der Waals surface area contributed by atoms with Gasteiger partial charge >= 0.3 is 13.8 Å². The highest BCUT2D eigenvalue weighted by Gasteiger charge is 2.46. The van der Waals surface area contributed by atoms with Gasteiger partial charge in [-0.2, -0.15) is 0 Å². The van der Waals surface area contributed by atoms with Crippen LogP contribution in [0.3, 0.4) is 0 Å². The first kappa shape index (κ1) is 16.7. The number of phosphoric ester groups is 1. The number of hydrogen-bond donors (Lipinski definition) is 5. The Balaban J connectivity index is 2.14. The zero-order valence-electron chi connectivity index (χ0n) is 10.8. The molecular formula is C9H13N3O9P+. The van der Waals surface area contributed by atoms with Crippen molar-refractivity contribution in [3.63, 3.8) is 0 Å². The largest absolute Gasteiger partial charge is 0.477 e. The molecule has 2 atom stereocenters. The van der Waals surface area contributed by atoms with E-state index in [0.717, 1.165) is 10.9 Å². The Labute approximate surface area is 123 Å². The fourth-order valence-corrected chi connectivity index (χ4v) is 1.85. The van der Waals surface area contributed by atoms with Crippen molar-refractivity contribution in [2.24, 2.45) is 0 Å². The third-order valence-electron chi connectivity index (χ3n) is 2.59. The minimum atomic E-state index is -4.79. The predicted octanol–water partition coefficient (Wildman–Crippen LogP) is -2.52. The second-order valence-corrected chi connectivity index (χ2v) is 5.39. The number of nitrogens with zero attached hydrogens (tertiary/aromatic N) is 3. The lowest BCUT2D eigenvalue weighted by molar-refractivity contribution is -0.742. The quantitative estimate of drug-likeness (QED) is 0.284. The molecular weight excluding hydrogens is 325 g/mol. The summed E-state index contributed by atoms with van der Waals surface area (Å²) in [6.45, 7) is -0.835. The molecule has 13 heteroatoms. The van der Waals surface area contributed by atoms with Crippen LogP contribution in [0.5, 0.6) is 0 Å². The summed E-state index contributed by atoms with van der Waals surface area (Å²) in [5, 5.41) is 29.7. The lowest BCUT2D eigenvalue weighted by atomic mass is 10.3. The number of pyridine rings is 1. The van der Waals surface area contributed by atoms with Crippen LogP contribution in [-0.2, 0) is 14.0 Å².